The second kappa shape index (κ2) is 5.19. The maximum Gasteiger partial charge on any atom is 0.137 e. The van der Waals surface area contributed by atoms with Crippen LogP contribution in [0.4, 0.5) is 17.1 Å². The van der Waals surface area contributed by atoms with Crippen LogP contribution in [0.15, 0.2) is 36.4 Å². The normalized spacial score (nSPS) is 10.2. The number of benzene rings is 2. The molecule has 3 nitrogen and oxygen atoms in total. The van der Waals surface area contributed by atoms with E-state index in [4.69, 9.17) is 22.1 Å². The largest absolute Gasteiger partial charge is 0.495 e. The highest BCUT2D eigenvalue weighted by atomic mass is 35.5. The highest BCUT2D eigenvalue weighted by Gasteiger charge is 2.04. The van der Waals surface area contributed by atoms with Crippen LogP contribution in [0.5, 0.6) is 5.75 Å². The van der Waals surface area contributed by atoms with Gasteiger partial charge in [-0.1, -0.05) is 17.7 Å². The molecule has 2 aromatic carbocycles. The maximum absolute atomic E-state index is 6.08. The zero-order valence-corrected chi connectivity index (χ0v) is 11.1. The molecule has 0 saturated carbocycles. The zero-order chi connectivity index (χ0) is 13.1. The fourth-order valence-corrected chi connectivity index (χ4v) is 1.93. The summed E-state index contributed by atoms with van der Waals surface area (Å²) in [5.41, 5.74) is 9.48. The quantitative estimate of drug-likeness (QED) is 0.823. The topological polar surface area (TPSA) is 47.3 Å². The summed E-state index contributed by atoms with van der Waals surface area (Å²) in [6, 6.07) is 11.3. The minimum Gasteiger partial charge on any atom is -0.495 e. The summed E-state index contributed by atoms with van der Waals surface area (Å²) in [6.45, 7) is 2.02. The number of nitrogens with one attached hydrogen (secondary N) is 1. The molecule has 0 amide bonds. The summed E-state index contributed by atoms with van der Waals surface area (Å²) in [7, 11) is 1.59. The number of ether oxygens (including phenoxy) is 1. The number of nitrogen functional groups attached to an aromatic ring is 1. The van der Waals surface area contributed by atoms with Gasteiger partial charge in [0.25, 0.3) is 0 Å². The lowest BCUT2D eigenvalue weighted by molar-refractivity contribution is 0.415. The Bertz CT molecular complexity index is 570. The smallest absolute Gasteiger partial charge is 0.137 e. The molecule has 0 heterocycles. The van der Waals surface area contributed by atoms with Crippen molar-refractivity contribution in [2.24, 2.45) is 0 Å². The predicted molar refractivity (Wildman–Crippen MR) is 76.9 cm³/mol. The van der Waals surface area contributed by atoms with Crippen LogP contribution in [0.25, 0.3) is 0 Å². The van der Waals surface area contributed by atoms with Crippen LogP contribution < -0.4 is 15.8 Å². The van der Waals surface area contributed by atoms with Gasteiger partial charge in [0.1, 0.15) is 5.75 Å². The fourth-order valence-electron chi connectivity index (χ4n) is 1.67. The molecule has 0 aliphatic heterocycles. The zero-order valence-electron chi connectivity index (χ0n) is 10.3. The number of halogens is 1. The van der Waals surface area contributed by atoms with E-state index in [0.29, 0.717) is 10.8 Å². The van der Waals surface area contributed by atoms with Gasteiger partial charge in [0.05, 0.1) is 12.1 Å². The molecule has 0 aliphatic rings. The second-order valence-electron chi connectivity index (χ2n) is 4.05. The van der Waals surface area contributed by atoms with Gasteiger partial charge in [0.2, 0.25) is 0 Å². The number of aryl methyl sites for hydroxylation is 1. The van der Waals surface area contributed by atoms with Crippen molar-refractivity contribution in [2.75, 3.05) is 18.2 Å². The summed E-state index contributed by atoms with van der Waals surface area (Å²) < 4.78 is 5.11. The third kappa shape index (κ3) is 2.68. The average Bonchev–Trinajstić information content (AvgIpc) is 2.34. The van der Waals surface area contributed by atoms with Crippen molar-refractivity contribution in [1.29, 1.82) is 0 Å². The van der Waals surface area contributed by atoms with E-state index in [9.17, 15) is 0 Å². The number of rotatable bonds is 3. The molecule has 4 heteroatoms. The Kier molecular flexibility index (Phi) is 3.63. The number of hydrogen-bond donors (Lipinski definition) is 2. The summed E-state index contributed by atoms with van der Waals surface area (Å²) in [5, 5.41) is 3.86. The van der Waals surface area contributed by atoms with Crippen LogP contribution in [-0.2, 0) is 0 Å². The number of nitrogens with two attached hydrogens (primary N) is 1. The number of hydrogen-bond acceptors (Lipinski definition) is 3. The van der Waals surface area contributed by atoms with Gasteiger partial charge in [-0.15, -0.1) is 0 Å². The Labute approximate surface area is 112 Å². The Morgan fingerprint density at radius 3 is 2.61 bits per heavy atom. The number of anilines is 3. The first-order valence-corrected chi connectivity index (χ1v) is 5.94. The molecule has 0 spiro atoms. The molecule has 3 N–H and O–H groups in total. The van der Waals surface area contributed by atoms with E-state index in [0.717, 1.165) is 22.6 Å². The van der Waals surface area contributed by atoms with Crippen molar-refractivity contribution >= 4 is 28.7 Å². The van der Waals surface area contributed by atoms with E-state index in [-0.39, 0.29) is 0 Å². The summed E-state index contributed by atoms with van der Waals surface area (Å²) in [6.07, 6.45) is 0. The highest BCUT2D eigenvalue weighted by Crippen LogP contribution is 2.30. The SMILES string of the molecule is COc1ccc(Nc2cc(N)ccc2C)cc1Cl. The van der Waals surface area contributed by atoms with Crippen LogP contribution >= 0.6 is 11.6 Å². The highest BCUT2D eigenvalue weighted by molar-refractivity contribution is 6.32. The lowest BCUT2D eigenvalue weighted by Crippen LogP contribution is -1.95. The minimum absolute atomic E-state index is 0.573. The molecule has 2 aromatic rings. The second-order valence-corrected chi connectivity index (χ2v) is 4.46. The maximum atomic E-state index is 6.08. The molecule has 0 aliphatic carbocycles. The van der Waals surface area contributed by atoms with Crippen molar-refractivity contribution < 1.29 is 4.74 Å². The summed E-state index contributed by atoms with van der Waals surface area (Å²) in [4.78, 5) is 0. The molecule has 0 fully saturated rings. The Hall–Kier alpha value is -1.87. The van der Waals surface area contributed by atoms with Gasteiger partial charge in [-0.3, -0.25) is 0 Å². The lowest BCUT2D eigenvalue weighted by atomic mass is 10.1. The molecule has 0 radical (unpaired) electrons. The molecular weight excluding hydrogens is 248 g/mol. The number of methoxy groups -OCH3 is 1. The van der Waals surface area contributed by atoms with E-state index >= 15 is 0 Å². The Morgan fingerprint density at radius 1 is 1.17 bits per heavy atom. The standard InChI is InChI=1S/C14H15ClN2O/c1-9-3-4-10(16)7-13(9)17-11-5-6-14(18-2)12(15)8-11/h3-8,17H,16H2,1-2H3. The first kappa shape index (κ1) is 12.6. The fraction of sp³-hybridized carbons (Fsp3) is 0.143. The van der Waals surface area contributed by atoms with Gasteiger partial charge < -0.3 is 15.8 Å². The van der Waals surface area contributed by atoms with Crippen molar-refractivity contribution in [3.8, 4) is 5.75 Å². The van der Waals surface area contributed by atoms with E-state index in [1.165, 1.54) is 0 Å². The molecule has 94 valence electrons. The first-order valence-electron chi connectivity index (χ1n) is 5.57. The van der Waals surface area contributed by atoms with E-state index in [1.54, 1.807) is 7.11 Å². The Morgan fingerprint density at radius 2 is 1.94 bits per heavy atom. The molecular formula is C14H15ClN2O. The van der Waals surface area contributed by atoms with Gasteiger partial charge in [-0.05, 0) is 42.8 Å². The van der Waals surface area contributed by atoms with E-state index < -0.39 is 0 Å². The van der Waals surface area contributed by atoms with Gasteiger partial charge in [0, 0.05) is 17.1 Å². The molecule has 0 saturated heterocycles. The molecule has 18 heavy (non-hydrogen) atoms. The molecule has 0 aromatic heterocycles. The van der Waals surface area contributed by atoms with Crippen LogP contribution in [0, 0.1) is 6.92 Å². The minimum atomic E-state index is 0.573. The van der Waals surface area contributed by atoms with Crippen molar-refractivity contribution in [3.05, 3.63) is 47.0 Å². The van der Waals surface area contributed by atoms with Gasteiger partial charge in [0.15, 0.2) is 0 Å². The predicted octanol–water partition coefficient (Wildman–Crippen LogP) is 3.98. The van der Waals surface area contributed by atoms with Gasteiger partial charge in [-0.2, -0.15) is 0 Å². The third-order valence-electron chi connectivity index (χ3n) is 2.69. The summed E-state index contributed by atoms with van der Waals surface area (Å²) >= 11 is 6.08. The summed E-state index contributed by atoms with van der Waals surface area (Å²) in [5.74, 6) is 0.659. The van der Waals surface area contributed by atoms with Crippen LogP contribution in [-0.4, -0.2) is 7.11 Å². The van der Waals surface area contributed by atoms with Crippen molar-refractivity contribution in [1.82, 2.24) is 0 Å². The molecule has 2 rings (SSSR count). The monoisotopic (exact) mass is 262 g/mol. The van der Waals surface area contributed by atoms with Gasteiger partial charge in [-0.25, -0.2) is 0 Å². The lowest BCUT2D eigenvalue weighted by Gasteiger charge is -2.11. The molecule has 0 atom stereocenters. The van der Waals surface area contributed by atoms with Crippen molar-refractivity contribution in [2.45, 2.75) is 6.92 Å². The van der Waals surface area contributed by atoms with E-state index in [1.807, 2.05) is 43.3 Å². The van der Waals surface area contributed by atoms with E-state index in [2.05, 4.69) is 5.32 Å². The average molecular weight is 263 g/mol. The molecule has 0 unspecified atom stereocenters. The van der Waals surface area contributed by atoms with Crippen LogP contribution in [0.1, 0.15) is 5.56 Å². The molecule has 0 bridgehead atoms. The Balaban J connectivity index is 2.28. The first-order chi connectivity index (χ1) is 8.60. The van der Waals surface area contributed by atoms with Crippen LogP contribution in [0.3, 0.4) is 0 Å². The van der Waals surface area contributed by atoms with Crippen LogP contribution in [0.2, 0.25) is 5.02 Å². The third-order valence-corrected chi connectivity index (χ3v) is 2.99. The van der Waals surface area contributed by atoms with Crippen molar-refractivity contribution in [3.63, 3.8) is 0 Å². The van der Waals surface area contributed by atoms with Gasteiger partial charge >= 0.3 is 0 Å².